The molecule has 0 aliphatic heterocycles. The van der Waals surface area contributed by atoms with Gasteiger partial charge in [0.15, 0.2) is 0 Å². The van der Waals surface area contributed by atoms with Crippen LogP contribution in [0.2, 0.25) is 0 Å². The van der Waals surface area contributed by atoms with Crippen molar-refractivity contribution in [1.82, 2.24) is 9.99 Å². The van der Waals surface area contributed by atoms with Gasteiger partial charge in [0.1, 0.15) is 5.82 Å². The third kappa shape index (κ3) is 3.80. The standard InChI is InChI=1S/C24H20FN3O/c1-16-13-21(17(2)28(16)23-11-9-22(25)10-12-23)15-26-27-24(29)20-8-7-18-5-3-4-6-19(18)14-20/h3-15H,1-2H3,(H,27,29)/b26-15-. The van der Waals surface area contributed by atoms with Crippen molar-refractivity contribution in [1.29, 1.82) is 0 Å². The lowest BCUT2D eigenvalue weighted by Gasteiger charge is -2.09. The number of fused-ring (bicyclic) bond motifs is 1. The molecule has 1 N–H and O–H groups in total. The normalized spacial score (nSPS) is 11.3. The van der Waals surface area contributed by atoms with Crippen molar-refractivity contribution in [3.05, 3.63) is 101 Å². The fraction of sp³-hybridized carbons (Fsp3) is 0.0833. The van der Waals surface area contributed by atoms with Crippen molar-refractivity contribution in [2.45, 2.75) is 13.8 Å². The van der Waals surface area contributed by atoms with E-state index in [1.807, 2.05) is 60.9 Å². The third-order valence-corrected chi connectivity index (χ3v) is 4.94. The van der Waals surface area contributed by atoms with E-state index in [4.69, 9.17) is 0 Å². The Labute approximate surface area is 168 Å². The number of hydrogen-bond acceptors (Lipinski definition) is 2. The van der Waals surface area contributed by atoms with Crippen LogP contribution >= 0.6 is 0 Å². The molecule has 0 radical (unpaired) electrons. The fourth-order valence-corrected chi connectivity index (χ4v) is 3.46. The van der Waals surface area contributed by atoms with Crippen LogP contribution in [0.25, 0.3) is 16.5 Å². The largest absolute Gasteiger partial charge is 0.318 e. The average Bonchev–Trinajstić information content (AvgIpc) is 3.01. The van der Waals surface area contributed by atoms with Crippen LogP contribution in [-0.2, 0) is 0 Å². The summed E-state index contributed by atoms with van der Waals surface area (Å²) < 4.78 is 15.2. The minimum Gasteiger partial charge on any atom is -0.318 e. The molecular weight excluding hydrogens is 365 g/mol. The van der Waals surface area contributed by atoms with E-state index >= 15 is 0 Å². The Bertz CT molecular complexity index is 1220. The number of carbonyl (C=O) groups excluding carboxylic acids is 1. The number of hydrogen-bond donors (Lipinski definition) is 1. The van der Waals surface area contributed by atoms with Gasteiger partial charge in [-0.3, -0.25) is 4.79 Å². The summed E-state index contributed by atoms with van der Waals surface area (Å²) in [5.41, 5.74) is 6.85. The molecule has 0 unspecified atom stereocenters. The molecule has 0 aliphatic carbocycles. The van der Waals surface area contributed by atoms with Gasteiger partial charge < -0.3 is 4.57 Å². The van der Waals surface area contributed by atoms with Crippen LogP contribution in [-0.4, -0.2) is 16.7 Å². The summed E-state index contributed by atoms with van der Waals surface area (Å²) in [4.78, 5) is 12.4. The summed E-state index contributed by atoms with van der Waals surface area (Å²) >= 11 is 0. The summed E-state index contributed by atoms with van der Waals surface area (Å²) in [6.45, 7) is 3.93. The molecule has 0 fully saturated rings. The first-order valence-electron chi connectivity index (χ1n) is 9.30. The minimum absolute atomic E-state index is 0.264. The molecular formula is C24H20FN3O. The molecule has 144 valence electrons. The Balaban J connectivity index is 1.52. The number of amides is 1. The molecule has 4 rings (SSSR count). The van der Waals surface area contributed by atoms with Crippen LogP contribution < -0.4 is 5.43 Å². The zero-order valence-corrected chi connectivity index (χ0v) is 16.2. The Morgan fingerprint density at radius 2 is 1.69 bits per heavy atom. The number of nitrogens with zero attached hydrogens (tertiary/aromatic N) is 2. The topological polar surface area (TPSA) is 46.4 Å². The zero-order chi connectivity index (χ0) is 20.4. The molecule has 1 amide bonds. The van der Waals surface area contributed by atoms with Crippen molar-refractivity contribution in [3.8, 4) is 5.69 Å². The molecule has 1 heterocycles. The van der Waals surface area contributed by atoms with Gasteiger partial charge in [-0.25, -0.2) is 9.82 Å². The van der Waals surface area contributed by atoms with Crippen LogP contribution in [0.4, 0.5) is 4.39 Å². The molecule has 0 spiro atoms. The maximum absolute atomic E-state index is 13.2. The van der Waals surface area contributed by atoms with E-state index in [0.717, 1.165) is 33.4 Å². The van der Waals surface area contributed by atoms with E-state index in [2.05, 4.69) is 10.5 Å². The first-order valence-corrected chi connectivity index (χ1v) is 9.30. The number of hydrazone groups is 1. The van der Waals surface area contributed by atoms with E-state index in [9.17, 15) is 9.18 Å². The van der Waals surface area contributed by atoms with Crippen molar-refractivity contribution in [2.75, 3.05) is 0 Å². The van der Waals surface area contributed by atoms with Crippen LogP contribution in [0.1, 0.15) is 27.3 Å². The summed E-state index contributed by atoms with van der Waals surface area (Å²) in [7, 11) is 0. The highest BCUT2D eigenvalue weighted by molar-refractivity contribution is 5.99. The molecule has 1 aromatic heterocycles. The Kier molecular flexibility index (Phi) is 4.96. The third-order valence-electron chi connectivity index (χ3n) is 4.94. The molecule has 0 atom stereocenters. The smallest absolute Gasteiger partial charge is 0.271 e. The van der Waals surface area contributed by atoms with E-state index in [1.54, 1.807) is 24.4 Å². The first kappa shape index (κ1) is 18.6. The van der Waals surface area contributed by atoms with E-state index < -0.39 is 0 Å². The van der Waals surface area contributed by atoms with Crippen LogP contribution in [0.5, 0.6) is 0 Å². The van der Waals surface area contributed by atoms with Crippen molar-refractivity contribution in [3.63, 3.8) is 0 Å². The first-order chi connectivity index (χ1) is 14.0. The molecule has 0 saturated carbocycles. The molecule has 0 bridgehead atoms. The Hall–Kier alpha value is -3.73. The Morgan fingerprint density at radius 1 is 0.966 bits per heavy atom. The van der Waals surface area contributed by atoms with Crippen LogP contribution in [0.3, 0.4) is 0 Å². The number of rotatable bonds is 4. The maximum Gasteiger partial charge on any atom is 0.271 e. The maximum atomic E-state index is 13.2. The Morgan fingerprint density at radius 3 is 2.45 bits per heavy atom. The highest BCUT2D eigenvalue weighted by Gasteiger charge is 2.10. The molecule has 4 nitrogen and oxygen atoms in total. The van der Waals surface area contributed by atoms with Gasteiger partial charge >= 0.3 is 0 Å². The number of carbonyl (C=O) groups is 1. The second-order valence-electron chi connectivity index (χ2n) is 6.90. The van der Waals surface area contributed by atoms with Crippen LogP contribution in [0, 0.1) is 19.7 Å². The quantitative estimate of drug-likeness (QED) is 0.383. The van der Waals surface area contributed by atoms with Crippen molar-refractivity contribution in [2.24, 2.45) is 5.10 Å². The molecule has 0 saturated heterocycles. The highest BCUT2D eigenvalue weighted by atomic mass is 19.1. The van der Waals surface area contributed by atoms with Gasteiger partial charge in [-0.15, -0.1) is 0 Å². The zero-order valence-electron chi connectivity index (χ0n) is 16.2. The SMILES string of the molecule is Cc1cc(/C=N\NC(=O)c2ccc3ccccc3c2)c(C)n1-c1ccc(F)cc1. The van der Waals surface area contributed by atoms with Gasteiger partial charge in [-0.2, -0.15) is 5.10 Å². The molecule has 4 aromatic rings. The van der Waals surface area contributed by atoms with E-state index in [0.29, 0.717) is 5.56 Å². The summed E-state index contributed by atoms with van der Waals surface area (Å²) in [6.07, 6.45) is 1.63. The van der Waals surface area contributed by atoms with Gasteiger partial charge in [-0.05, 0) is 67.1 Å². The number of aromatic nitrogens is 1. The average molecular weight is 385 g/mol. The predicted molar refractivity (Wildman–Crippen MR) is 114 cm³/mol. The van der Waals surface area contributed by atoms with Gasteiger partial charge in [0.25, 0.3) is 5.91 Å². The summed E-state index contributed by atoms with van der Waals surface area (Å²) in [5.74, 6) is -0.534. The summed E-state index contributed by atoms with van der Waals surface area (Å²) in [5, 5.41) is 6.21. The lowest BCUT2D eigenvalue weighted by molar-refractivity contribution is 0.0955. The number of halogens is 1. The monoisotopic (exact) mass is 385 g/mol. The number of aryl methyl sites for hydroxylation is 1. The van der Waals surface area contributed by atoms with Gasteiger partial charge in [0, 0.05) is 28.2 Å². The molecule has 5 heteroatoms. The van der Waals surface area contributed by atoms with Gasteiger partial charge in [0.05, 0.1) is 6.21 Å². The lowest BCUT2D eigenvalue weighted by Crippen LogP contribution is -2.17. The highest BCUT2D eigenvalue weighted by Crippen LogP contribution is 2.20. The minimum atomic E-state index is -0.269. The second kappa shape index (κ2) is 7.72. The number of nitrogens with one attached hydrogen (secondary N) is 1. The molecule has 3 aromatic carbocycles. The molecule has 29 heavy (non-hydrogen) atoms. The van der Waals surface area contributed by atoms with Gasteiger partial charge in [0.2, 0.25) is 0 Å². The molecule has 0 aliphatic rings. The van der Waals surface area contributed by atoms with E-state index in [1.165, 1.54) is 12.1 Å². The second-order valence-corrected chi connectivity index (χ2v) is 6.90. The number of benzene rings is 3. The van der Waals surface area contributed by atoms with Crippen molar-refractivity contribution >= 4 is 22.9 Å². The van der Waals surface area contributed by atoms with E-state index in [-0.39, 0.29) is 11.7 Å². The van der Waals surface area contributed by atoms with Crippen molar-refractivity contribution < 1.29 is 9.18 Å². The fourth-order valence-electron chi connectivity index (χ4n) is 3.46. The lowest BCUT2D eigenvalue weighted by atomic mass is 10.1. The van der Waals surface area contributed by atoms with Crippen LogP contribution in [0.15, 0.2) is 77.9 Å². The summed E-state index contributed by atoms with van der Waals surface area (Å²) in [6, 6.07) is 21.8. The predicted octanol–water partition coefficient (Wildman–Crippen LogP) is 5.15. The van der Waals surface area contributed by atoms with Gasteiger partial charge in [-0.1, -0.05) is 30.3 Å².